The summed E-state index contributed by atoms with van der Waals surface area (Å²) in [4.78, 5) is 0.378. The fraction of sp³-hybridized carbons (Fsp3) is 0.333. The minimum absolute atomic E-state index is 0. The van der Waals surface area contributed by atoms with E-state index in [9.17, 15) is 8.42 Å². The molecule has 2 aromatic rings. The van der Waals surface area contributed by atoms with Gasteiger partial charge in [-0.2, -0.15) is 0 Å². The molecule has 0 spiro atoms. The van der Waals surface area contributed by atoms with Crippen LogP contribution in [0.4, 0.5) is 0 Å². The molecule has 2 rings (SSSR count). The first-order valence-corrected chi connectivity index (χ1v) is 8.71. The van der Waals surface area contributed by atoms with Crippen LogP contribution < -0.4 is 0 Å². The van der Waals surface area contributed by atoms with Gasteiger partial charge in [0.1, 0.15) is 0 Å². The molecule has 0 bridgehead atoms. The van der Waals surface area contributed by atoms with Crippen LogP contribution in [0.1, 0.15) is 25.5 Å². The fourth-order valence-corrected chi connectivity index (χ4v) is 2.21. The first-order valence-electron chi connectivity index (χ1n) is 6.82. The third kappa shape index (κ3) is 7.96. The van der Waals surface area contributed by atoms with Gasteiger partial charge in [0.15, 0.2) is 9.84 Å². The smallest absolute Gasteiger partial charge is 0.175 e. The second-order valence-corrected chi connectivity index (χ2v) is 6.72. The maximum atomic E-state index is 10.9. The molecule has 0 saturated heterocycles. The molecule has 2 aromatic carbocycles. The summed E-state index contributed by atoms with van der Waals surface area (Å²) in [5.41, 5.74) is 2.31. The van der Waals surface area contributed by atoms with Crippen LogP contribution in [0.3, 0.4) is 0 Å². The summed E-state index contributed by atoms with van der Waals surface area (Å²) in [7, 11) is -3.02. The Hall–Kier alpha value is -1.65. The van der Waals surface area contributed by atoms with Crippen molar-refractivity contribution in [2.45, 2.75) is 32.8 Å². The Bertz CT molecular complexity index is 617. The summed E-state index contributed by atoms with van der Waals surface area (Å²) in [6.07, 6.45) is 1.21. The molecule has 0 N–H and O–H groups in total. The summed E-state index contributed by atoms with van der Waals surface area (Å²) in [6, 6.07) is 17.0. The van der Waals surface area contributed by atoms with E-state index in [2.05, 4.69) is 12.1 Å². The molecule has 0 fully saturated rings. The Labute approximate surface area is 134 Å². The van der Waals surface area contributed by atoms with Gasteiger partial charge in [0.25, 0.3) is 0 Å². The first kappa shape index (κ1) is 20.3. The van der Waals surface area contributed by atoms with E-state index in [1.807, 2.05) is 32.0 Å². The van der Waals surface area contributed by atoms with Gasteiger partial charge >= 0.3 is 0 Å². The summed E-state index contributed by atoms with van der Waals surface area (Å²) >= 11 is 0. The average Bonchev–Trinajstić information content (AvgIpc) is 2.46. The van der Waals surface area contributed by atoms with Crippen molar-refractivity contribution in [2.75, 3.05) is 12.9 Å². The minimum Gasteiger partial charge on any atom is -0.377 e. The van der Waals surface area contributed by atoms with Crippen molar-refractivity contribution in [1.82, 2.24) is 0 Å². The quantitative estimate of drug-likeness (QED) is 0.845. The lowest BCUT2D eigenvalue weighted by atomic mass is 10.2. The molecule has 0 amide bonds. The van der Waals surface area contributed by atoms with Gasteiger partial charge in [-0.15, -0.1) is 0 Å². The Morgan fingerprint density at radius 1 is 0.955 bits per heavy atom. The van der Waals surface area contributed by atoms with Crippen molar-refractivity contribution >= 4 is 9.84 Å². The maximum Gasteiger partial charge on any atom is 0.175 e. The zero-order chi connectivity index (χ0) is 15.7. The molecule has 0 aliphatic rings. The van der Waals surface area contributed by atoms with E-state index in [4.69, 9.17) is 4.74 Å². The van der Waals surface area contributed by atoms with Crippen LogP contribution >= 0.6 is 0 Å². The molecule has 0 aromatic heterocycles. The number of sulfone groups is 1. The number of hydrogen-bond acceptors (Lipinski definition) is 3. The number of rotatable bonds is 4. The van der Waals surface area contributed by atoms with Gasteiger partial charge in [-0.25, -0.2) is 8.42 Å². The van der Waals surface area contributed by atoms with Gasteiger partial charge in [0.05, 0.1) is 11.5 Å². The monoisotopic (exact) mass is 322 g/mol. The van der Waals surface area contributed by atoms with Crippen LogP contribution in [0.25, 0.3) is 0 Å². The Balaban J connectivity index is 0.000000385. The van der Waals surface area contributed by atoms with E-state index in [1.165, 1.54) is 11.8 Å². The van der Waals surface area contributed by atoms with Gasteiger partial charge in [-0.05, 0) is 31.5 Å². The van der Waals surface area contributed by atoms with E-state index in [0.717, 1.165) is 18.8 Å². The first-order chi connectivity index (χ1) is 9.93. The fourth-order valence-electron chi connectivity index (χ4n) is 1.58. The van der Waals surface area contributed by atoms with Crippen LogP contribution in [0, 0.1) is 6.92 Å². The average molecular weight is 322 g/mol. The number of aryl methyl sites for hydroxylation is 1. The highest BCUT2D eigenvalue weighted by molar-refractivity contribution is 7.90. The minimum atomic E-state index is -3.02. The van der Waals surface area contributed by atoms with Crippen LogP contribution in [0.5, 0.6) is 0 Å². The van der Waals surface area contributed by atoms with E-state index in [-0.39, 0.29) is 7.43 Å². The summed E-state index contributed by atoms with van der Waals surface area (Å²) in [6.45, 7) is 5.45. The van der Waals surface area contributed by atoms with E-state index in [1.54, 1.807) is 24.3 Å². The summed E-state index contributed by atoms with van der Waals surface area (Å²) in [5.74, 6) is 0. The van der Waals surface area contributed by atoms with Gasteiger partial charge in [-0.1, -0.05) is 55.5 Å². The van der Waals surface area contributed by atoms with Crippen molar-refractivity contribution in [1.29, 1.82) is 0 Å². The zero-order valence-corrected chi connectivity index (χ0v) is 13.6. The number of ether oxygens (including phenoxy) is 1. The molecule has 3 nitrogen and oxygen atoms in total. The molecular formula is C18H26O3S. The maximum absolute atomic E-state index is 10.9. The lowest BCUT2D eigenvalue weighted by molar-refractivity contribution is 0.134. The van der Waals surface area contributed by atoms with E-state index in [0.29, 0.717) is 4.90 Å². The predicted molar refractivity (Wildman–Crippen MR) is 92.8 cm³/mol. The van der Waals surface area contributed by atoms with Crippen LogP contribution in [-0.4, -0.2) is 21.3 Å². The van der Waals surface area contributed by atoms with E-state index < -0.39 is 9.84 Å². The standard InChI is InChI=1S/C9H12O.C8H10O2S.CH4/c1-2-10-8-9-6-4-3-5-7-9;1-7-3-5-8(6-4-7)11(2,9)10;/h3-7H,2,8H2,1H3;3-6H,1-2H3;1H4. The summed E-state index contributed by atoms with van der Waals surface area (Å²) < 4.78 is 27.1. The molecule has 0 aliphatic heterocycles. The van der Waals surface area contributed by atoms with Crippen molar-refractivity contribution in [3.63, 3.8) is 0 Å². The molecular weight excluding hydrogens is 296 g/mol. The second-order valence-electron chi connectivity index (χ2n) is 4.71. The van der Waals surface area contributed by atoms with Gasteiger partial charge in [-0.3, -0.25) is 0 Å². The van der Waals surface area contributed by atoms with E-state index >= 15 is 0 Å². The van der Waals surface area contributed by atoms with Crippen molar-refractivity contribution in [2.24, 2.45) is 0 Å². The Kier molecular flexibility index (Phi) is 9.38. The van der Waals surface area contributed by atoms with Crippen LogP contribution in [0.15, 0.2) is 59.5 Å². The second kappa shape index (κ2) is 10.1. The molecule has 4 heteroatoms. The lowest BCUT2D eigenvalue weighted by Crippen LogP contribution is -1.95. The molecule has 22 heavy (non-hydrogen) atoms. The largest absolute Gasteiger partial charge is 0.377 e. The van der Waals surface area contributed by atoms with Gasteiger partial charge in [0.2, 0.25) is 0 Å². The van der Waals surface area contributed by atoms with Crippen molar-refractivity contribution in [3.05, 3.63) is 65.7 Å². The topological polar surface area (TPSA) is 43.4 Å². The third-order valence-corrected chi connectivity index (χ3v) is 3.89. The molecule has 122 valence electrons. The highest BCUT2D eigenvalue weighted by Gasteiger charge is 2.04. The highest BCUT2D eigenvalue weighted by atomic mass is 32.2. The van der Waals surface area contributed by atoms with Crippen molar-refractivity contribution < 1.29 is 13.2 Å². The SMILES string of the molecule is C.CCOCc1ccccc1.Cc1ccc(S(C)(=O)=O)cc1. The predicted octanol–water partition coefficient (Wildman–Crippen LogP) is 4.26. The Morgan fingerprint density at radius 3 is 1.95 bits per heavy atom. The molecule has 0 aliphatic carbocycles. The molecule has 0 heterocycles. The molecule has 0 radical (unpaired) electrons. The molecule has 0 atom stereocenters. The van der Waals surface area contributed by atoms with Crippen LogP contribution in [-0.2, 0) is 21.2 Å². The lowest BCUT2D eigenvalue weighted by Gasteiger charge is -1.98. The molecule has 0 unspecified atom stereocenters. The zero-order valence-electron chi connectivity index (χ0n) is 12.7. The third-order valence-electron chi connectivity index (χ3n) is 2.76. The van der Waals surface area contributed by atoms with Gasteiger partial charge < -0.3 is 4.74 Å². The summed E-state index contributed by atoms with van der Waals surface area (Å²) in [5, 5.41) is 0. The van der Waals surface area contributed by atoms with Crippen molar-refractivity contribution in [3.8, 4) is 0 Å². The van der Waals surface area contributed by atoms with Crippen LogP contribution in [0.2, 0.25) is 0 Å². The highest BCUT2D eigenvalue weighted by Crippen LogP contribution is 2.08. The number of benzene rings is 2. The Morgan fingerprint density at radius 2 is 1.50 bits per heavy atom. The van der Waals surface area contributed by atoms with Gasteiger partial charge in [0, 0.05) is 12.9 Å². The normalized spacial score (nSPS) is 10.1. The number of hydrogen-bond donors (Lipinski definition) is 0. The molecule has 0 saturated carbocycles.